The zero-order valence-corrected chi connectivity index (χ0v) is 6.90. The van der Waals surface area contributed by atoms with Crippen LogP contribution in [0.1, 0.15) is 17.9 Å². The summed E-state index contributed by atoms with van der Waals surface area (Å²) in [4.78, 5) is 0. The molecule has 0 radical (unpaired) electrons. The van der Waals surface area contributed by atoms with Crippen LogP contribution in [0.3, 0.4) is 0 Å². The van der Waals surface area contributed by atoms with Crippen LogP contribution in [0.2, 0.25) is 0 Å². The van der Waals surface area contributed by atoms with Gasteiger partial charge in [0.2, 0.25) is 0 Å². The standard InChI is InChI=1S/C11H12O/c1-2-6-11(9-12)10-7-4-3-5-8-10/h1,3-5,7-8,11-12H,6,9H2. The molecule has 0 heterocycles. The first-order valence-electron chi connectivity index (χ1n) is 3.97. The summed E-state index contributed by atoms with van der Waals surface area (Å²) < 4.78 is 0. The van der Waals surface area contributed by atoms with Crippen molar-refractivity contribution >= 4 is 0 Å². The molecule has 1 unspecified atom stereocenters. The van der Waals surface area contributed by atoms with Crippen LogP contribution in [-0.2, 0) is 0 Å². The summed E-state index contributed by atoms with van der Waals surface area (Å²) in [7, 11) is 0. The lowest BCUT2D eigenvalue weighted by Crippen LogP contribution is -2.02. The number of aliphatic hydroxyl groups excluding tert-OH is 1. The lowest BCUT2D eigenvalue weighted by molar-refractivity contribution is 0.267. The average Bonchev–Trinajstić information content (AvgIpc) is 2.15. The Morgan fingerprint density at radius 2 is 2.00 bits per heavy atom. The molecule has 1 aromatic rings. The maximum atomic E-state index is 9.02. The fourth-order valence-electron chi connectivity index (χ4n) is 1.16. The molecule has 1 aromatic carbocycles. The fourth-order valence-corrected chi connectivity index (χ4v) is 1.16. The van der Waals surface area contributed by atoms with Crippen LogP contribution in [0.25, 0.3) is 0 Å². The van der Waals surface area contributed by atoms with E-state index in [-0.39, 0.29) is 12.5 Å². The first-order valence-corrected chi connectivity index (χ1v) is 3.97. The summed E-state index contributed by atoms with van der Waals surface area (Å²) in [5, 5.41) is 9.02. The van der Waals surface area contributed by atoms with E-state index in [4.69, 9.17) is 11.5 Å². The molecule has 1 N–H and O–H groups in total. The molecule has 0 aliphatic rings. The molecule has 12 heavy (non-hydrogen) atoms. The van der Waals surface area contributed by atoms with Crippen LogP contribution in [0.15, 0.2) is 30.3 Å². The van der Waals surface area contributed by atoms with Crippen LogP contribution >= 0.6 is 0 Å². The molecule has 1 heteroatoms. The van der Waals surface area contributed by atoms with Gasteiger partial charge in [0.15, 0.2) is 0 Å². The van der Waals surface area contributed by atoms with Gasteiger partial charge in [0.25, 0.3) is 0 Å². The van der Waals surface area contributed by atoms with Crippen molar-refractivity contribution in [1.82, 2.24) is 0 Å². The topological polar surface area (TPSA) is 20.2 Å². The van der Waals surface area contributed by atoms with Gasteiger partial charge in [-0.2, -0.15) is 0 Å². The van der Waals surface area contributed by atoms with E-state index in [0.29, 0.717) is 6.42 Å². The lowest BCUT2D eigenvalue weighted by atomic mass is 9.97. The van der Waals surface area contributed by atoms with Crippen LogP contribution in [0.4, 0.5) is 0 Å². The molecule has 0 aliphatic heterocycles. The maximum Gasteiger partial charge on any atom is 0.0508 e. The third kappa shape index (κ3) is 2.11. The van der Waals surface area contributed by atoms with Crippen LogP contribution < -0.4 is 0 Å². The monoisotopic (exact) mass is 160 g/mol. The Bertz CT molecular complexity index is 258. The Morgan fingerprint density at radius 1 is 1.33 bits per heavy atom. The summed E-state index contributed by atoms with van der Waals surface area (Å²) in [5.74, 6) is 2.65. The fraction of sp³-hybridized carbons (Fsp3) is 0.273. The summed E-state index contributed by atoms with van der Waals surface area (Å²) in [6, 6.07) is 9.83. The third-order valence-corrected chi connectivity index (χ3v) is 1.86. The highest BCUT2D eigenvalue weighted by Crippen LogP contribution is 2.17. The van der Waals surface area contributed by atoms with E-state index in [1.165, 1.54) is 0 Å². The number of terminal acetylenes is 1. The SMILES string of the molecule is C#CCC(CO)c1ccccc1. The van der Waals surface area contributed by atoms with Crippen molar-refractivity contribution in [3.8, 4) is 12.3 Å². The third-order valence-electron chi connectivity index (χ3n) is 1.86. The Morgan fingerprint density at radius 3 is 2.50 bits per heavy atom. The Balaban J connectivity index is 2.75. The van der Waals surface area contributed by atoms with Crippen LogP contribution in [0.5, 0.6) is 0 Å². The van der Waals surface area contributed by atoms with Crippen molar-refractivity contribution in [2.75, 3.05) is 6.61 Å². The van der Waals surface area contributed by atoms with Gasteiger partial charge in [0.1, 0.15) is 0 Å². The molecule has 0 saturated heterocycles. The van der Waals surface area contributed by atoms with Crippen LogP contribution in [0, 0.1) is 12.3 Å². The second-order valence-electron chi connectivity index (χ2n) is 2.70. The Kier molecular flexibility index (Phi) is 3.37. The summed E-state index contributed by atoms with van der Waals surface area (Å²) >= 11 is 0. The molecule has 0 saturated carbocycles. The van der Waals surface area contributed by atoms with Crippen molar-refractivity contribution < 1.29 is 5.11 Å². The summed E-state index contributed by atoms with van der Waals surface area (Å²) in [6.07, 6.45) is 5.78. The van der Waals surface area contributed by atoms with E-state index in [2.05, 4.69) is 5.92 Å². The first-order chi connectivity index (χ1) is 5.88. The summed E-state index contributed by atoms with van der Waals surface area (Å²) in [6.45, 7) is 0.119. The number of benzene rings is 1. The van der Waals surface area contributed by atoms with Gasteiger partial charge >= 0.3 is 0 Å². The number of aliphatic hydroxyl groups is 1. The van der Waals surface area contributed by atoms with Gasteiger partial charge in [-0.15, -0.1) is 12.3 Å². The molecule has 0 bridgehead atoms. The normalized spacial score (nSPS) is 12.0. The van der Waals surface area contributed by atoms with E-state index >= 15 is 0 Å². The minimum absolute atomic E-state index is 0.0937. The molecule has 0 aromatic heterocycles. The lowest BCUT2D eigenvalue weighted by Gasteiger charge is -2.10. The van der Waals surface area contributed by atoms with Crippen LogP contribution in [-0.4, -0.2) is 11.7 Å². The van der Waals surface area contributed by atoms with Gasteiger partial charge < -0.3 is 5.11 Å². The molecular formula is C11H12O. The molecule has 1 atom stereocenters. The van der Waals surface area contributed by atoms with E-state index in [0.717, 1.165) is 5.56 Å². The zero-order valence-electron chi connectivity index (χ0n) is 6.90. The van der Waals surface area contributed by atoms with Gasteiger partial charge in [-0.1, -0.05) is 30.3 Å². The number of hydrogen-bond donors (Lipinski definition) is 1. The van der Waals surface area contributed by atoms with Gasteiger partial charge in [-0.05, 0) is 5.56 Å². The van der Waals surface area contributed by atoms with E-state index < -0.39 is 0 Å². The largest absolute Gasteiger partial charge is 0.396 e. The molecule has 1 nitrogen and oxygen atoms in total. The molecule has 62 valence electrons. The molecule has 0 spiro atoms. The van der Waals surface area contributed by atoms with Gasteiger partial charge in [0, 0.05) is 12.3 Å². The Labute approximate surface area is 73.0 Å². The van der Waals surface area contributed by atoms with Crippen molar-refractivity contribution in [2.24, 2.45) is 0 Å². The predicted molar refractivity (Wildman–Crippen MR) is 49.7 cm³/mol. The van der Waals surface area contributed by atoms with Crippen molar-refractivity contribution in [3.63, 3.8) is 0 Å². The molecular weight excluding hydrogens is 148 g/mol. The quantitative estimate of drug-likeness (QED) is 0.668. The first kappa shape index (κ1) is 8.83. The predicted octanol–water partition coefficient (Wildman–Crippen LogP) is 1.79. The number of hydrogen-bond acceptors (Lipinski definition) is 1. The van der Waals surface area contributed by atoms with Crippen molar-refractivity contribution in [2.45, 2.75) is 12.3 Å². The second kappa shape index (κ2) is 4.58. The molecule has 0 amide bonds. The highest BCUT2D eigenvalue weighted by molar-refractivity contribution is 5.20. The minimum Gasteiger partial charge on any atom is -0.396 e. The van der Waals surface area contributed by atoms with Gasteiger partial charge in [-0.3, -0.25) is 0 Å². The van der Waals surface area contributed by atoms with E-state index in [9.17, 15) is 0 Å². The van der Waals surface area contributed by atoms with Crippen molar-refractivity contribution in [3.05, 3.63) is 35.9 Å². The number of rotatable bonds is 3. The average molecular weight is 160 g/mol. The summed E-state index contributed by atoms with van der Waals surface area (Å²) in [5.41, 5.74) is 1.11. The Hall–Kier alpha value is -1.26. The smallest absolute Gasteiger partial charge is 0.0508 e. The zero-order chi connectivity index (χ0) is 8.81. The van der Waals surface area contributed by atoms with Crippen molar-refractivity contribution in [1.29, 1.82) is 0 Å². The minimum atomic E-state index is 0.0937. The second-order valence-corrected chi connectivity index (χ2v) is 2.70. The maximum absolute atomic E-state index is 9.02. The van der Waals surface area contributed by atoms with Gasteiger partial charge in [0.05, 0.1) is 6.61 Å². The molecule has 1 rings (SSSR count). The van der Waals surface area contributed by atoms with E-state index in [1.54, 1.807) is 0 Å². The highest BCUT2D eigenvalue weighted by Gasteiger charge is 2.06. The van der Waals surface area contributed by atoms with E-state index in [1.807, 2.05) is 30.3 Å². The highest BCUT2D eigenvalue weighted by atomic mass is 16.3. The molecule has 0 fully saturated rings. The van der Waals surface area contributed by atoms with Gasteiger partial charge in [-0.25, -0.2) is 0 Å². The molecule has 0 aliphatic carbocycles.